The lowest BCUT2D eigenvalue weighted by atomic mass is 10.2. The predicted molar refractivity (Wildman–Crippen MR) is 85.4 cm³/mol. The summed E-state index contributed by atoms with van der Waals surface area (Å²) in [5.41, 5.74) is 0. The third kappa shape index (κ3) is 4.88. The van der Waals surface area contributed by atoms with Crippen molar-refractivity contribution in [2.24, 2.45) is 4.99 Å². The molecule has 6 nitrogen and oxygen atoms in total. The molecule has 2 aliphatic heterocycles. The van der Waals surface area contributed by atoms with E-state index in [1.807, 2.05) is 11.8 Å². The highest BCUT2D eigenvalue weighted by Crippen LogP contribution is 2.13. The van der Waals surface area contributed by atoms with Crippen LogP contribution < -0.4 is 10.6 Å². The van der Waals surface area contributed by atoms with Gasteiger partial charge in [0.25, 0.3) is 0 Å². The number of likely N-dealkylation sites (tertiary alicyclic amines) is 2. The minimum Gasteiger partial charge on any atom is -0.357 e. The Hall–Kier alpha value is -1.30. The van der Waals surface area contributed by atoms with Crippen molar-refractivity contribution in [3.8, 4) is 0 Å². The second-order valence-corrected chi connectivity index (χ2v) is 5.94. The Labute approximate surface area is 128 Å². The van der Waals surface area contributed by atoms with Crippen LogP contribution in [0, 0.1) is 0 Å². The first-order valence-electron chi connectivity index (χ1n) is 8.21. The van der Waals surface area contributed by atoms with Gasteiger partial charge in [0.1, 0.15) is 6.54 Å². The molecule has 1 unspecified atom stereocenters. The summed E-state index contributed by atoms with van der Waals surface area (Å²) in [6.45, 7) is 6.95. The summed E-state index contributed by atoms with van der Waals surface area (Å²) in [6, 6.07) is 0.572. The van der Waals surface area contributed by atoms with Crippen molar-refractivity contribution < 1.29 is 4.79 Å². The smallest absolute Gasteiger partial charge is 0.244 e. The van der Waals surface area contributed by atoms with Gasteiger partial charge in [0.15, 0.2) is 5.96 Å². The highest BCUT2D eigenvalue weighted by molar-refractivity contribution is 5.85. The highest BCUT2D eigenvalue weighted by Gasteiger charge is 2.21. The monoisotopic (exact) mass is 295 g/mol. The first-order valence-corrected chi connectivity index (χ1v) is 8.21. The SMILES string of the molecule is CCNC(=NCC(=O)N1CCCC1)NCC1CCCN1C. The summed E-state index contributed by atoms with van der Waals surface area (Å²) in [4.78, 5) is 20.7. The van der Waals surface area contributed by atoms with Crippen LogP contribution in [0.2, 0.25) is 0 Å². The molecule has 2 aliphatic rings. The van der Waals surface area contributed by atoms with E-state index in [-0.39, 0.29) is 12.5 Å². The molecule has 1 amide bonds. The zero-order valence-electron chi connectivity index (χ0n) is 13.4. The summed E-state index contributed by atoms with van der Waals surface area (Å²) in [6.07, 6.45) is 4.75. The molecule has 2 heterocycles. The maximum absolute atomic E-state index is 12.0. The summed E-state index contributed by atoms with van der Waals surface area (Å²) in [5, 5.41) is 6.58. The fourth-order valence-corrected chi connectivity index (χ4v) is 3.01. The first kappa shape index (κ1) is 16.1. The zero-order chi connectivity index (χ0) is 15.1. The van der Waals surface area contributed by atoms with Crippen LogP contribution >= 0.6 is 0 Å². The number of rotatable bonds is 5. The Balaban J connectivity index is 1.79. The Morgan fingerprint density at radius 3 is 2.57 bits per heavy atom. The molecule has 0 radical (unpaired) electrons. The van der Waals surface area contributed by atoms with Crippen molar-refractivity contribution in [1.29, 1.82) is 0 Å². The number of hydrogen-bond acceptors (Lipinski definition) is 3. The second-order valence-electron chi connectivity index (χ2n) is 5.94. The average Bonchev–Trinajstić information content (AvgIpc) is 3.13. The number of nitrogens with one attached hydrogen (secondary N) is 2. The molecule has 2 saturated heterocycles. The topological polar surface area (TPSA) is 60.0 Å². The first-order chi connectivity index (χ1) is 10.2. The molecule has 0 aromatic heterocycles. The number of guanidine groups is 1. The molecule has 1 atom stereocenters. The lowest BCUT2D eigenvalue weighted by Gasteiger charge is -2.21. The van der Waals surface area contributed by atoms with Gasteiger partial charge in [0.2, 0.25) is 5.91 Å². The fourth-order valence-electron chi connectivity index (χ4n) is 3.01. The van der Waals surface area contributed by atoms with Crippen molar-refractivity contribution >= 4 is 11.9 Å². The van der Waals surface area contributed by atoms with Crippen molar-refractivity contribution in [1.82, 2.24) is 20.4 Å². The van der Waals surface area contributed by atoms with Gasteiger partial charge in [0, 0.05) is 32.2 Å². The molecule has 2 N–H and O–H groups in total. The molecule has 0 saturated carbocycles. The molecule has 0 aromatic rings. The molecular formula is C15H29N5O. The highest BCUT2D eigenvalue weighted by atomic mass is 16.2. The third-order valence-electron chi connectivity index (χ3n) is 4.35. The van der Waals surface area contributed by atoms with E-state index in [9.17, 15) is 4.79 Å². The minimum atomic E-state index is 0.141. The molecule has 21 heavy (non-hydrogen) atoms. The third-order valence-corrected chi connectivity index (χ3v) is 4.35. The Morgan fingerprint density at radius 2 is 1.95 bits per heavy atom. The van der Waals surface area contributed by atoms with Gasteiger partial charge in [-0.15, -0.1) is 0 Å². The van der Waals surface area contributed by atoms with Crippen LogP contribution in [0.3, 0.4) is 0 Å². The molecular weight excluding hydrogens is 266 g/mol. The number of carbonyl (C=O) groups excluding carboxylic acids is 1. The second kappa shape index (κ2) is 8.22. The van der Waals surface area contributed by atoms with Crippen LogP contribution in [-0.2, 0) is 4.79 Å². The van der Waals surface area contributed by atoms with E-state index in [1.54, 1.807) is 0 Å². The largest absolute Gasteiger partial charge is 0.357 e. The van der Waals surface area contributed by atoms with Gasteiger partial charge in [0.05, 0.1) is 0 Å². The van der Waals surface area contributed by atoms with E-state index in [4.69, 9.17) is 0 Å². The van der Waals surface area contributed by atoms with Crippen molar-refractivity contribution in [2.45, 2.75) is 38.6 Å². The maximum atomic E-state index is 12.0. The maximum Gasteiger partial charge on any atom is 0.244 e. The standard InChI is InChI=1S/C15H29N5O/c1-3-16-15(17-11-13-7-6-8-19(13)2)18-12-14(21)20-9-4-5-10-20/h13H,3-12H2,1-2H3,(H2,16,17,18). The number of hydrogen-bond donors (Lipinski definition) is 2. The van der Waals surface area contributed by atoms with Crippen molar-refractivity contribution in [2.75, 3.05) is 46.3 Å². The quantitative estimate of drug-likeness (QED) is 0.564. The number of aliphatic imine (C=N–C) groups is 1. The molecule has 6 heteroatoms. The summed E-state index contributed by atoms with van der Waals surface area (Å²) < 4.78 is 0. The predicted octanol–water partition coefficient (Wildman–Crippen LogP) is 0.258. The van der Waals surface area contributed by atoms with Crippen LogP contribution in [0.15, 0.2) is 4.99 Å². The molecule has 120 valence electrons. The van der Waals surface area contributed by atoms with E-state index in [1.165, 1.54) is 19.4 Å². The van der Waals surface area contributed by atoms with Crippen LogP contribution in [0.25, 0.3) is 0 Å². The van der Waals surface area contributed by atoms with E-state index in [2.05, 4.69) is 27.6 Å². The lowest BCUT2D eigenvalue weighted by molar-refractivity contribution is -0.128. The van der Waals surface area contributed by atoms with E-state index in [0.717, 1.165) is 45.0 Å². The van der Waals surface area contributed by atoms with Gasteiger partial charge in [-0.1, -0.05) is 0 Å². The normalized spacial score (nSPS) is 23.6. The summed E-state index contributed by atoms with van der Waals surface area (Å²) in [5.74, 6) is 0.896. The lowest BCUT2D eigenvalue weighted by Crippen LogP contribution is -2.44. The van der Waals surface area contributed by atoms with Gasteiger partial charge >= 0.3 is 0 Å². The summed E-state index contributed by atoms with van der Waals surface area (Å²) >= 11 is 0. The van der Waals surface area contributed by atoms with E-state index in [0.29, 0.717) is 6.04 Å². The molecule has 2 rings (SSSR count). The van der Waals surface area contributed by atoms with Gasteiger partial charge in [-0.25, -0.2) is 4.99 Å². The van der Waals surface area contributed by atoms with Gasteiger partial charge in [-0.3, -0.25) is 4.79 Å². The van der Waals surface area contributed by atoms with E-state index < -0.39 is 0 Å². The van der Waals surface area contributed by atoms with Crippen LogP contribution in [0.4, 0.5) is 0 Å². The van der Waals surface area contributed by atoms with Gasteiger partial charge in [-0.05, 0) is 46.2 Å². The summed E-state index contributed by atoms with van der Waals surface area (Å²) in [7, 11) is 2.17. The van der Waals surface area contributed by atoms with Crippen molar-refractivity contribution in [3.05, 3.63) is 0 Å². The average molecular weight is 295 g/mol. The van der Waals surface area contributed by atoms with Gasteiger partial charge in [-0.2, -0.15) is 0 Å². The molecule has 2 fully saturated rings. The minimum absolute atomic E-state index is 0.141. The number of nitrogens with zero attached hydrogens (tertiary/aromatic N) is 3. The van der Waals surface area contributed by atoms with Crippen LogP contribution in [0.1, 0.15) is 32.6 Å². The molecule has 0 bridgehead atoms. The Kier molecular flexibility index (Phi) is 6.29. The van der Waals surface area contributed by atoms with Crippen LogP contribution in [0.5, 0.6) is 0 Å². The molecule has 0 spiro atoms. The number of likely N-dealkylation sites (N-methyl/N-ethyl adjacent to an activating group) is 1. The van der Waals surface area contributed by atoms with E-state index >= 15 is 0 Å². The Bertz CT molecular complexity index is 365. The number of carbonyl (C=O) groups is 1. The molecule has 0 aromatic carbocycles. The van der Waals surface area contributed by atoms with Crippen molar-refractivity contribution in [3.63, 3.8) is 0 Å². The Morgan fingerprint density at radius 1 is 1.19 bits per heavy atom. The fraction of sp³-hybridized carbons (Fsp3) is 0.867. The zero-order valence-corrected chi connectivity index (χ0v) is 13.4. The number of amides is 1. The van der Waals surface area contributed by atoms with Gasteiger partial charge < -0.3 is 20.4 Å². The van der Waals surface area contributed by atoms with Crippen LogP contribution in [-0.4, -0.2) is 74.0 Å². The molecule has 0 aliphatic carbocycles.